The lowest BCUT2D eigenvalue weighted by molar-refractivity contribution is -0.143. The van der Waals surface area contributed by atoms with Crippen molar-refractivity contribution < 1.29 is 19.0 Å². The topological polar surface area (TPSA) is 82.6 Å². The van der Waals surface area contributed by atoms with E-state index >= 15 is 0 Å². The Morgan fingerprint density at radius 3 is 2.79 bits per heavy atom. The molecule has 3 aromatic rings. The van der Waals surface area contributed by atoms with Crippen LogP contribution in [-0.2, 0) is 9.53 Å². The van der Waals surface area contributed by atoms with E-state index in [4.69, 9.17) is 20.6 Å². The van der Waals surface area contributed by atoms with Gasteiger partial charge < -0.3 is 19.5 Å². The van der Waals surface area contributed by atoms with Crippen molar-refractivity contribution in [3.05, 3.63) is 48.3 Å². The van der Waals surface area contributed by atoms with Gasteiger partial charge in [-0.15, -0.1) is 6.42 Å². The first-order valence-electron chi connectivity index (χ1n) is 11.0. The summed E-state index contributed by atoms with van der Waals surface area (Å²) in [7, 11) is 1.60. The molecule has 2 aromatic carbocycles. The molecule has 0 saturated carbocycles. The average molecular weight is 448 g/mol. The van der Waals surface area contributed by atoms with Crippen LogP contribution in [0.3, 0.4) is 0 Å². The van der Waals surface area contributed by atoms with Gasteiger partial charge in [0.25, 0.3) is 0 Å². The van der Waals surface area contributed by atoms with E-state index in [9.17, 15) is 4.79 Å². The minimum absolute atomic E-state index is 0.0631. The van der Waals surface area contributed by atoms with Crippen molar-refractivity contribution in [1.82, 2.24) is 9.97 Å². The Hall–Kier alpha value is -3.79. The fourth-order valence-corrected chi connectivity index (χ4v) is 3.45. The maximum Gasteiger partial charge on any atom is 0.305 e. The maximum absolute atomic E-state index is 11.5. The number of rotatable bonds is 11. The summed E-state index contributed by atoms with van der Waals surface area (Å²) in [5.41, 5.74) is 2.34. The van der Waals surface area contributed by atoms with Gasteiger partial charge in [0.2, 0.25) is 0 Å². The molecule has 172 valence electrons. The third-order valence-electron chi connectivity index (χ3n) is 5.09. The highest BCUT2D eigenvalue weighted by Gasteiger charge is 2.15. The number of nitrogens with zero attached hydrogens (tertiary/aromatic N) is 2. The van der Waals surface area contributed by atoms with Crippen molar-refractivity contribution >= 4 is 28.4 Å². The molecule has 0 aliphatic carbocycles. The van der Waals surface area contributed by atoms with Crippen molar-refractivity contribution in [2.75, 3.05) is 19.0 Å². The minimum Gasteiger partial charge on any atom is -0.493 e. The maximum atomic E-state index is 11.5. The molecule has 0 aliphatic heterocycles. The molecule has 33 heavy (non-hydrogen) atoms. The van der Waals surface area contributed by atoms with Crippen LogP contribution in [-0.4, -0.2) is 35.8 Å². The van der Waals surface area contributed by atoms with E-state index in [1.165, 1.54) is 6.33 Å². The lowest BCUT2D eigenvalue weighted by Crippen LogP contribution is -2.13. The van der Waals surface area contributed by atoms with E-state index < -0.39 is 0 Å². The molecule has 0 amide bonds. The number of anilines is 2. The number of terminal acetylenes is 1. The number of unbranched alkanes of at least 4 members (excludes halogenated alkanes) is 1. The number of carbonyl (C=O) groups is 1. The van der Waals surface area contributed by atoms with Gasteiger partial charge in [-0.1, -0.05) is 12.0 Å². The van der Waals surface area contributed by atoms with Crippen LogP contribution in [0.2, 0.25) is 0 Å². The highest BCUT2D eigenvalue weighted by molar-refractivity contribution is 5.93. The van der Waals surface area contributed by atoms with E-state index in [-0.39, 0.29) is 12.1 Å². The summed E-state index contributed by atoms with van der Waals surface area (Å²) in [4.78, 5) is 20.3. The monoisotopic (exact) mass is 447 g/mol. The molecule has 1 heterocycles. The predicted octanol–water partition coefficient (Wildman–Crippen LogP) is 5.25. The van der Waals surface area contributed by atoms with Gasteiger partial charge in [0.05, 0.1) is 25.3 Å². The Balaban J connectivity index is 1.75. The molecule has 0 fully saturated rings. The summed E-state index contributed by atoms with van der Waals surface area (Å²) < 4.78 is 16.7. The van der Waals surface area contributed by atoms with Crippen LogP contribution < -0.4 is 14.8 Å². The van der Waals surface area contributed by atoms with Crippen LogP contribution in [0.25, 0.3) is 10.9 Å². The molecule has 3 rings (SSSR count). The number of esters is 1. The van der Waals surface area contributed by atoms with Crippen molar-refractivity contribution in [2.45, 2.75) is 45.6 Å². The molecule has 7 nitrogen and oxygen atoms in total. The molecule has 1 atom stereocenters. The highest BCUT2D eigenvalue weighted by Crippen LogP contribution is 2.35. The molecule has 0 bridgehead atoms. The van der Waals surface area contributed by atoms with E-state index in [1.54, 1.807) is 7.11 Å². The zero-order chi connectivity index (χ0) is 23.6. The van der Waals surface area contributed by atoms with Crippen LogP contribution in [0.15, 0.2) is 42.7 Å². The number of nitrogens with one attached hydrogen (secondary N) is 1. The van der Waals surface area contributed by atoms with Gasteiger partial charge in [-0.2, -0.15) is 0 Å². The number of fused-ring (bicyclic) bond motifs is 1. The molecule has 1 aromatic heterocycles. The fourth-order valence-electron chi connectivity index (χ4n) is 3.45. The standard InChI is InChI=1S/C26H29N3O4/c1-5-19-11-9-12-20(14-19)29-26-21-15-24(23(31-4)16-22(21)27-17-28-26)33-18(3)10-7-8-13-25(30)32-6-2/h1,9,11-12,14-18H,6-8,10,13H2,2-4H3,(H,27,28,29). The quantitative estimate of drug-likeness (QED) is 0.244. The van der Waals surface area contributed by atoms with Crippen LogP contribution in [0.1, 0.15) is 45.1 Å². The largest absolute Gasteiger partial charge is 0.493 e. The number of ether oxygens (including phenoxy) is 3. The molecule has 1 N–H and O–H groups in total. The van der Waals surface area contributed by atoms with Gasteiger partial charge in [-0.05, 0) is 57.4 Å². The van der Waals surface area contributed by atoms with Crippen LogP contribution >= 0.6 is 0 Å². The van der Waals surface area contributed by atoms with Crippen LogP contribution in [0.5, 0.6) is 11.5 Å². The Bertz CT molecular complexity index is 1140. The molecule has 1 unspecified atom stereocenters. The molecule has 0 aliphatic rings. The number of aromatic nitrogens is 2. The second kappa shape index (κ2) is 11.7. The fraction of sp³-hybridized carbons (Fsp3) is 0.346. The Labute approximate surface area is 194 Å². The first-order chi connectivity index (χ1) is 16.0. The van der Waals surface area contributed by atoms with Gasteiger partial charge in [0.15, 0.2) is 11.5 Å². The van der Waals surface area contributed by atoms with Gasteiger partial charge in [-0.3, -0.25) is 4.79 Å². The van der Waals surface area contributed by atoms with Crippen LogP contribution in [0, 0.1) is 12.3 Å². The van der Waals surface area contributed by atoms with E-state index in [0.29, 0.717) is 30.3 Å². The van der Waals surface area contributed by atoms with Gasteiger partial charge in [0, 0.05) is 29.1 Å². The van der Waals surface area contributed by atoms with Crippen molar-refractivity contribution in [2.24, 2.45) is 0 Å². The van der Waals surface area contributed by atoms with E-state index in [2.05, 4.69) is 21.2 Å². The average Bonchev–Trinajstić information content (AvgIpc) is 2.82. The van der Waals surface area contributed by atoms with E-state index in [0.717, 1.165) is 41.4 Å². The Kier molecular flexibility index (Phi) is 8.48. The first kappa shape index (κ1) is 23.9. The van der Waals surface area contributed by atoms with Crippen molar-refractivity contribution in [1.29, 1.82) is 0 Å². The lowest BCUT2D eigenvalue weighted by Gasteiger charge is -2.18. The zero-order valence-electron chi connectivity index (χ0n) is 19.3. The number of hydrogen-bond donors (Lipinski definition) is 1. The molecule has 7 heteroatoms. The highest BCUT2D eigenvalue weighted by atomic mass is 16.5. The number of methoxy groups -OCH3 is 1. The summed E-state index contributed by atoms with van der Waals surface area (Å²) in [6.07, 6.45) is 9.80. The number of benzene rings is 2. The summed E-state index contributed by atoms with van der Waals surface area (Å²) in [5, 5.41) is 4.12. The normalized spacial score (nSPS) is 11.5. The summed E-state index contributed by atoms with van der Waals surface area (Å²) in [5.74, 6) is 4.33. The molecular formula is C26H29N3O4. The molecule has 0 saturated heterocycles. The van der Waals surface area contributed by atoms with Gasteiger partial charge in [0.1, 0.15) is 12.1 Å². The second-order valence-electron chi connectivity index (χ2n) is 7.57. The van der Waals surface area contributed by atoms with Crippen molar-refractivity contribution in [3.63, 3.8) is 0 Å². The third kappa shape index (κ3) is 6.59. The van der Waals surface area contributed by atoms with E-state index in [1.807, 2.05) is 50.2 Å². The SMILES string of the molecule is C#Cc1cccc(Nc2ncnc3cc(OC)c(OC(C)CCCCC(=O)OCC)cc23)c1. The van der Waals surface area contributed by atoms with Gasteiger partial charge in [-0.25, -0.2) is 9.97 Å². The predicted molar refractivity (Wildman–Crippen MR) is 129 cm³/mol. The lowest BCUT2D eigenvalue weighted by atomic mass is 10.1. The Morgan fingerprint density at radius 1 is 1.18 bits per heavy atom. The third-order valence-corrected chi connectivity index (χ3v) is 5.09. The molecular weight excluding hydrogens is 418 g/mol. The minimum atomic E-state index is -0.157. The molecule has 0 spiro atoms. The number of carbonyl (C=O) groups excluding carboxylic acids is 1. The summed E-state index contributed by atoms with van der Waals surface area (Å²) >= 11 is 0. The Morgan fingerprint density at radius 2 is 2.03 bits per heavy atom. The zero-order valence-corrected chi connectivity index (χ0v) is 19.3. The first-order valence-corrected chi connectivity index (χ1v) is 11.0. The smallest absolute Gasteiger partial charge is 0.305 e. The van der Waals surface area contributed by atoms with Crippen LogP contribution in [0.4, 0.5) is 11.5 Å². The molecule has 0 radical (unpaired) electrons. The van der Waals surface area contributed by atoms with Gasteiger partial charge >= 0.3 is 5.97 Å². The summed E-state index contributed by atoms with van der Waals surface area (Å²) in [6.45, 7) is 4.22. The number of hydrogen-bond acceptors (Lipinski definition) is 7. The summed E-state index contributed by atoms with van der Waals surface area (Å²) in [6, 6.07) is 11.3. The van der Waals surface area contributed by atoms with Crippen molar-refractivity contribution in [3.8, 4) is 23.8 Å². The second-order valence-corrected chi connectivity index (χ2v) is 7.57.